The average Bonchev–Trinajstić information content (AvgIpc) is 2.44. The van der Waals surface area contributed by atoms with E-state index in [0.29, 0.717) is 0 Å². The van der Waals surface area contributed by atoms with Crippen LogP contribution in [0.15, 0.2) is 0 Å². The lowest BCUT2D eigenvalue weighted by Gasteiger charge is -2.30. The highest BCUT2D eigenvalue weighted by atomic mass is 32.2. The highest BCUT2D eigenvalue weighted by Crippen LogP contribution is 2.27. The fourth-order valence-corrected chi connectivity index (χ4v) is 4.18. The van der Waals surface area contributed by atoms with Gasteiger partial charge in [-0.3, -0.25) is 0 Å². The van der Waals surface area contributed by atoms with Crippen molar-refractivity contribution in [2.75, 3.05) is 38.2 Å². The summed E-state index contributed by atoms with van der Waals surface area (Å²) >= 11 is 2.13. The van der Waals surface area contributed by atoms with Crippen LogP contribution in [0.1, 0.15) is 46.0 Å². The Labute approximate surface area is 118 Å². The number of hydrogen-bond acceptors (Lipinski definition) is 3. The summed E-state index contributed by atoms with van der Waals surface area (Å²) < 4.78 is 0. The van der Waals surface area contributed by atoms with Gasteiger partial charge in [0.2, 0.25) is 0 Å². The third kappa shape index (κ3) is 5.94. The van der Waals surface area contributed by atoms with E-state index < -0.39 is 0 Å². The molecule has 108 valence electrons. The Balaban J connectivity index is 2.14. The maximum Gasteiger partial charge on any atom is 0.0183 e. The molecule has 0 saturated heterocycles. The van der Waals surface area contributed by atoms with Crippen molar-refractivity contribution in [3.8, 4) is 0 Å². The topological polar surface area (TPSA) is 15.3 Å². The molecule has 0 spiro atoms. The fourth-order valence-electron chi connectivity index (χ4n) is 2.94. The molecule has 0 aromatic rings. The Kier molecular flexibility index (Phi) is 9.16. The summed E-state index contributed by atoms with van der Waals surface area (Å²) in [7, 11) is 2.14. The summed E-state index contributed by atoms with van der Waals surface area (Å²) in [6.45, 7) is 8.14. The first-order valence-electron chi connectivity index (χ1n) is 7.79. The maximum absolute atomic E-state index is 3.55. The molecule has 3 heteroatoms. The highest BCUT2D eigenvalue weighted by molar-refractivity contribution is 7.99. The zero-order chi connectivity index (χ0) is 13.2. The zero-order valence-corrected chi connectivity index (χ0v) is 13.4. The van der Waals surface area contributed by atoms with Crippen LogP contribution in [0.4, 0.5) is 0 Å². The van der Waals surface area contributed by atoms with Crippen LogP contribution < -0.4 is 5.32 Å². The molecule has 0 heterocycles. The van der Waals surface area contributed by atoms with Crippen molar-refractivity contribution in [3.63, 3.8) is 0 Å². The van der Waals surface area contributed by atoms with Gasteiger partial charge in [-0.15, -0.1) is 0 Å². The lowest BCUT2D eigenvalue weighted by molar-refractivity contribution is 0.294. The summed E-state index contributed by atoms with van der Waals surface area (Å²) in [5.74, 6) is 3.51. The van der Waals surface area contributed by atoms with E-state index in [2.05, 4.69) is 42.9 Å². The summed E-state index contributed by atoms with van der Waals surface area (Å²) in [4.78, 5) is 2.52. The van der Waals surface area contributed by atoms with Gasteiger partial charge in [-0.25, -0.2) is 0 Å². The third-order valence-corrected chi connectivity index (χ3v) is 5.40. The molecule has 0 aliphatic heterocycles. The third-order valence-electron chi connectivity index (χ3n) is 4.33. The van der Waals surface area contributed by atoms with Gasteiger partial charge in [0, 0.05) is 24.1 Å². The van der Waals surface area contributed by atoms with E-state index in [-0.39, 0.29) is 0 Å². The van der Waals surface area contributed by atoms with Crippen molar-refractivity contribution in [2.45, 2.75) is 52.0 Å². The lowest BCUT2D eigenvalue weighted by Crippen LogP contribution is -2.37. The largest absolute Gasteiger partial charge is 0.316 e. The molecule has 0 bridgehead atoms. The summed E-state index contributed by atoms with van der Waals surface area (Å²) in [5, 5.41) is 3.55. The molecule has 0 aromatic carbocycles. The van der Waals surface area contributed by atoms with E-state index in [9.17, 15) is 0 Å². The Morgan fingerprint density at radius 1 is 1.17 bits per heavy atom. The van der Waals surface area contributed by atoms with Crippen LogP contribution in [0, 0.1) is 5.92 Å². The number of nitrogens with one attached hydrogen (secondary N) is 1. The second kappa shape index (κ2) is 10.1. The van der Waals surface area contributed by atoms with Crippen molar-refractivity contribution in [3.05, 3.63) is 0 Å². The molecular weight excluding hydrogens is 240 g/mol. The van der Waals surface area contributed by atoms with Crippen LogP contribution >= 0.6 is 11.8 Å². The Hall–Kier alpha value is 0.270. The molecule has 0 radical (unpaired) electrons. The van der Waals surface area contributed by atoms with Gasteiger partial charge < -0.3 is 10.2 Å². The van der Waals surface area contributed by atoms with Gasteiger partial charge in [-0.05, 0) is 38.9 Å². The van der Waals surface area contributed by atoms with Crippen molar-refractivity contribution in [1.29, 1.82) is 0 Å². The molecule has 1 rings (SSSR count). The van der Waals surface area contributed by atoms with Gasteiger partial charge in [0.05, 0.1) is 0 Å². The quantitative estimate of drug-likeness (QED) is 0.649. The molecule has 1 N–H and O–H groups in total. The molecule has 0 amide bonds. The van der Waals surface area contributed by atoms with Gasteiger partial charge in [0.15, 0.2) is 0 Å². The fraction of sp³-hybridized carbons (Fsp3) is 1.00. The summed E-state index contributed by atoms with van der Waals surface area (Å²) in [6.07, 6.45) is 7.26. The predicted octanol–water partition coefficient (Wildman–Crippen LogP) is 3.23. The van der Waals surface area contributed by atoms with Crippen LogP contribution in [0.25, 0.3) is 0 Å². The number of nitrogens with zero attached hydrogens (tertiary/aromatic N) is 1. The second-order valence-electron chi connectivity index (χ2n) is 5.40. The first-order chi connectivity index (χ1) is 8.81. The molecule has 18 heavy (non-hydrogen) atoms. The zero-order valence-electron chi connectivity index (χ0n) is 12.6. The standard InChI is InChI=1S/C15H32N2S/c1-4-17(5-2)11-12-18-13-15(16-3)14-9-7-6-8-10-14/h14-16H,4-13H2,1-3H3. The van der Waals surface area contributed by atoms with Gasteiger partial charge >= 0.3 is 0 Å². The minimum atomic E-state index is 0.743. The number of rotatable bonds is 9. The number of hydrogen-bond donors (Lipinski definition) is 1. The first kappa shape index (κ1) is 16.3. The van der Waals surface area contributed by atoms with E-state index in [1.165, 1.54) is 63.2 Å². The Morgan fingerprint density at radius 3 is 2.39 bits per heavy atom. The van der Waals surface area contributed by atoms with Crippen molar-refractivity contribution in [1.82, 2.24) is 10.2 Å². The van der Waals surface area contributed by atoms with E-state index >= 15 is 0 Å². The lowest BCUT2D eigenvalue weighted by atomic mass is 9.84. The van der Waals surface area contributed by atoms with Crippen LogP contribution in [-0.4, -0.2) is 49.1 Å². The Bertz CT molecular complexity index is 189. The molecule has 1 fully saturated rings. The predicted molar refractivity (Wildman–Crippen MR) is 84.5 cm³/mol. The van der Waals surface area contributed by atoms with Crippen LogP contribution in [0.3, 0.4) is 0 Å². The molecule has 1 saturated carbocycles. The van der Waals surface area contributed by atoms with E-state index in [0.717, 1.165) is 12.0 Å². The van der Waals surface area contributed by atoms with Crippen LogP contribution in [0.5, 0.6) is 0 Å². The first-order valence-corrected chi connectivity index (χ1v) is 8.94. The number of thioether (sulfide) groups is 1. The van der Waals surface area contributed by atoms with E-state index in [4.69, 9.17) is 0 Å². The summed E-state index contributed by atoms with van der Waals surface area (Å²) in [5.41, 5.74) is 0. The van der Waals surface area contributed by atoms with Crippen molar-refractivity contribution in [2.24, 2.45) is 5.92 Å². The van der Waals surface area contributed by atoms with Crippen LogP contribution in [-0.2, 0) is 0 Å². The minimum absolute atomic E-state index is 0.743. The summed E-state index contributed by atoms with van der Waals surface area (Å²) in [6, 6.07) is 0.743. The average molecular weight is 273 g/mol. The van der Waals surface area contributed by atoms with Gasteiger partial charge in [-0.1, -0.05) is 33.1 Å². The van der Waals surface area contributed by atoms with Crippen LogP contribution in [0.2, 0.25) is 0 Å². The maximum atomic E-state index is 3.55. The van der Waals surface area contributed by atoms with Gasteiger partial charge in [0.1, 0.15) is 0 Å². The molecule has 2 nitrogen and oxygen atoms in total. The normalized spacial score (nSPS) is 19.3. The SMILES string of the molecule is CCN(CC)CCSCC(NC)C1CCCCC1. The van der Waals surface area contributed by atoms with Crippen molar-refractivity contribution < 1.29 is 0 Å². The highest BCUT2D eigenvalue weighted by Gasteiger charge is 2.21. The smallest absolute Gasteiger partial charge is 0.0183 e. The van der Waals surface area contributed by atoms with Crippen molar-refractivity contribution >= 4 is 11.8 Å². The van der Waals surface area contributed by atoms with E-state index in [1.807, 2.05) is 0 Å². The monoisotopic (exact) mass is 272 g/mol. The van der Waals surface area contributed by atoms with Gasteiger partial charge in [-0.2, -0.15) is 11.8 Å². The molecular formula is C15H32N2S. The van der Waals surface area contributed by atoms with E-state index in [1.54, 1.807) is 0 Å². The molecule has 1 unspecified atom stereocenters. The minimum Gasteiger partial charge on any atom is -0.316 e. The molecule has 1 aliphatic rings. The molecule has 1 atom stereocenters. The molecule has 0 aromatic heterocycles. The van der Waals surface area contributed by atoms with Gasteiger partial charge in [0.25, 0.3) is 0 Å². The molecule has 1 aliphatic carbocycles. The second-order valence-corrected chi connectivity index (χ2v) is 6.54. The Morgan fingerprint density at radius 2 is 1.83 bits per heavy atom.